The van der Waals surface area contributed by atoms with Crippen molar-refractivity contribution in [1.29, 1.82) is 0 Å². The summed E-state index contributed by atoms with van der Waals surface area (Å²) in [5.41, 5.74) is 5.21. The highest BCUT2D eigenvalue weighted by Crippen LogP contribution is 1.99. The summed E-state index contributed by atoms with van der Waals surface area (Å²) in [5.74, 6) is -0.100. The van der Waals surface area contributed by atoms with Crippen LogP contribution in [0.25, 0.3) is 0 Å². The van der Waals surface area contributed by atoms with Crippen LogP contribution in [0.3, 0.4) is 0 Å². The number of oxime groups is 1. The number of methoxy groups -OCH3 is 1. The van der Waals surface area contributed by atoms with Gasteiger partial charge in [-0.1, -0.05) is 12.1 Å². The van der Waals surface area contributed by atoms with Gasteiger partial charge in [-0.3, -0.25) is 0 Å². The highest BCUT2D eigenvalue weighted by Gasteiger charge is 2.23. The molecule has 9 nitrogen and oxygen atoms in total. The van der Waals surface area contributed by atoms with Gasteiger partial charge in [-0.2, -0.15) is 12.7 Å². The van der Waals surface area contributed by atoms with Gasteiger partial charge in [-0.15, -0.1) is 0 Å². The molecule has 0 atom stereocenters. The second-order valence-corrected chi connectivity index (χ2v) is 4.60. The number of nitrogens with zero attached hydrogens (tertiary/aromatic N) is 2. The van der Waals surface area contributed by atoms with Crippen molar-refractivity contribution in [3.8, 4) is 0 Å². The van der Waals surface area contributed by atoms with Crippen molar-refractivity contribution in [2.45, 2.75) is 13.3 Å². The van der Waals surface area contributed by atoms with E-state index in [-0.39, 0.29) is 25.3 Å². The zero-order valence-electron chi connectivity index (χ0n) is 9.58. The van der Waals surface area contributed by atoms with E-state index in [0.717, 1.165) is 11.4 Å². The van der Waals surface area contributed by atoms with Crippen LogP contribution in [0, 0.1) is 0 Å². The number of carbonyl (C=O) groups is 1. The Balaban J connectivity index is 4.58. The summed E-state index contributed by atoms with van der Waals surface area (Å²) >= 11 is 0. The summed E-state index contributed by atoms with van der Waals surface area (Å²) in [4.78, 5) is 10.8. The summed E-state index contributed by atoms with van der Waals surface area (Å²) in [5, 5.41) is 11.0. The van der Waals surface area contributed by atoms with Gasteiger partial charge < -0.3 is 15.7 Å². The Morgan fingerprint density at radius 3 is 2.59 bits per heavy atom. The molecule has 0 unspecified atom stereocenters. The summed E-state index contributed by atoms with van der Waals surface area (Å²) in [7, 11) is -2.92. The minimum absolute atomic E-state index is 0.0152. The average Bonchev–Trinajstić information content (AvgIpc) is 2.28. The first-order chi connectivity index (χ1) is 7.87. The van der Waals surface area contributed by atoms with Crippen LogP contribution in [0.15, 0.2) is 5.16 Å². The maximum atomic E-state index is 11.6. The van der Waals surface area contributed by atoms with Gasteiger partial charge in [-0.25, -0.2) is 9.52 Å². The van der Waals surface area contributed by atoms with E-state index in [1.165, 1.54) is 0 Å². The van der Waals surface area contributed by atoms with E-state index >= 15 is 0 Å². The maximum Gasteiger partial charge on any atom is 0.421 e. The molecular formula is C7H16N4O5S. The summed E-state index contributed by atoms with van der Waals surface area (Å²) in [6.07, 6.45) is -1.03. The Morgan fingerprint density at radius 2 is 2.18 bits per heavy atom. The molecule has 0 saturated heterocycles. The molecule has 0 fully saturated rings. The Labute approximate surface area is 99.4 Å². The Morgan fingerprint density at radius 1 is 1.59 bits per heavy atom. The lowest BCUT2D eigenvalue weighted by molar-refractivity contribution is 0.177. The van der Waals surface area contributed by atoms with E-state index in [0.29, 0.717) is 0 Å². The van der Waals surface area contributed by atoms with Crippen LogP contribution in [0.2, 0.25) is 0 Å². The van der Waals surface area contributed by atoms with Crippen LogP contribution in [0.4, 0.5) is 4.79 Å². The molecule has 0 radical (unpaired) electrons. The third-order valence-electron chi connectivity index (χ3n) is 1.84. The van der Waals surface area contributed by atoms with Gasteiger partial charge in [0.25, 0.3) is 0 Å². The van der Waals surface area contributed by atoms with Gasteiger partial charge in [0, 0.05) is 19.5 Å². The third-order valence-corrected chi connectivity index (χ3v) is 3.38. The van der Waals surface area contributed by atoms with Crippen LogP contribution < -0.4 is 10.5 Å². The zero-order valence-corrected chi connectivity index (χ0v) is 10.4. The lowest BCUT2D eigenvalue weighted by Gasteiger charge is -2.19. The van der Waals surface area contributed by atoms with Crippen molar-refractivity contribution in [1.82, 2.24) is 9.03 Å². The smallest absolute Gasteiger partial charge is 0.421 e. The van der Waals surface area contributed by atoms with Crippen LogP contribution >= 0.6 is 0 Å². The molecule has 0 rings (SSSR count). The summed E-state index contributed by atoms with van der Waals surface area (Å²) < 4.78 is 30.0. The number of nitrogens with one attached hydrogen (secondary N) is 1. The lowest BCUT2D eigenvalue weighted by Crippen LogP contribution is -2.44. The number of ether oxygens (including phenoxy) is 1. The lowest BCUT2D eigenvalue weighted by atomic mass is 10.4. The van der Waals surface area contributed by atoms with Crippen LogP contribution in [-0.2, 0) is 14.9 Å². The van der Waals surface area contributed by atoms with Crippen molar-refractivity contribution >= 4 is 22.1 Å². The standard InChI is InChI=1S/C7H16N4O5S/c1-3-11(5-4-6(8)9-13)17(14,15)10-7(12)16-2/h13H,3-5H2,1-2H3,(H2,8,9)(H,10,12). The number of amides is 1. The van der Waals surface area contributed by atoms with E-state index < -0.39 is 16.3 Å². The van der Waals surface area contributed by atoms with E-state index in [4.69, 9.17) is 10.9 Å². The number of hydrogen-bond acceptors (Lipinski definition) is 6. The Bertz CT molecular complexity index is 380. The molecule has 100 valence electrons. The molecule has 0 aliphatic heterocycles. The molecule has 0 aromatic heterocycles. The Hall–Kier alpha value is -1.55. The highest BCUT2D eigenvalue weighted by atomic mass is 32.2. The maximum absolute atomic E-state index is 11.6. The monoisotopic (exact) mass is 268 g/mol. The van der Waals surface area contributed by atoms with Gasteiger partial charge in [0.1, 0.15) is 5.84 Å². The molecule has 17 heavy (non-hydrogen) atoms. The number of carbonyl (C=O) groups excluding carboxylic acids is 1. The van der Waals surface area contributed by atoms with Gasteiger partial charge in [-0.05, 0) is 0 Å². The minimum atomic E-state index is -3.97. The molecule has 0 bridgehead atoms. The topological polar surface area (TPSA) is 134 Å². The fourth-order valence-corrected chi connectivity index (χ4v) is 2.04. The third kappa shape index (κ3) is 5.36. The highest BCUT2D eigenvalue weighted by molar-refractivity contribution is 7.87. The first kappa shape index (κ1) is 15.4. The van der Waals surface area contributed by atoms with Gasteiger partial charge in [0.05, 0.1) is 7.11 Å². The average molecular weight is 268 g/mol. The second kappa shape index (κ2) is 6.91. The molecule has 0 aliphatic carbocycles. The molecular weight excluding hydrogens is 252 g/mol. The quantitative estimate of drug-likeness (QED) is 0.246. The molecule has 0 spiro atoms. The molecule has 0 aromatic carbocycles. The fraction of sp³-hybridized carbons (Fsp3) is 0.714. The van der Waals surface area contributed by atoms with Crippen molar-refractivity contribution in [2.24, 2.45) is 10.9 Å². The van der Waals surface area contributed by atoms with E-state index in [2.05, 4.69) is 9.89 Å². The summed E-state index contributed by atoms with van der Waals surface area (Å²) in [6.45, 7) is 1.70. The van der Waals surface area contributed by atoms with Crippen LogP contribution in [0.5, 0.6) is 0 Å². The van der Waals surface area contributed by atoms with Gasteiger partial charge in [0.15, 0.2) is 0 Å². The van der Waals surface area contributed by atoms with Gasteiger partial charge in [0.2, 0.25) is 0 Å². The van der Waals surface area contributed by atoms with Crippen molar-refractivity contribution in [3.05, 3.63) is 0 Å². The number of amidine groups is 1. The van der Waals surface area contributed by atoms with Crippen molar-refractivity contribution < 1.29 is 23.2 Å². The largest absolute Gasteiger partial charge is 0.452 e. The Kier molecular flexibility index (Phi) is 6.28. The number of nitrogens with two attached hydrogens (primary N) is 1. The number of rotatable bonds is 6. The van der Waals surface area contributed by atoms with Crippen molar-refractivity contribution in [2.75, 3.05) is 20.2 Å². The van der Waals surface area contributed by atoms with Crippen LogP contribution in [-0.4, -0.2) is 50.1 Å². The van der Waals surface area contributed by atoms with E-state index in [1.54, 1.807) is 11.6 Å². The molecule has 4 N–H and O–H groups in total. The molecule has 0 heterocycles. The first-order valence-corrected chi connectivity index (χ1v) is 6.13. The molecule has 0 aliphatic rings. The predicted molar refractivity (Wildman–Crippen MR) is 59.7 cm³/mol. The number of hydrogen-bond donors (Lipinski definition) is 3. The summed E-state index contributed by atoms with van der Waals surface area (Å²) in [6, 6.07) is 0. The van der Waals surface area contributed by atoms with Crippen LogP contribution in [0.1, 0.15) is 13.3 Å². The van der Waals surface area contributed by atoms with E-state index in [9.17, 15) is 13.2 Å². The zero-order chi connectivity index (χ0) is 13.5. The predicted octanol–water partition coefficient (Wildman–Crippen LogP) is -0.954. The molecule has 0 aromatic rings. The normalized spacial score (nSPS) is 12.5. The van der Waals surface area contributed by atoms with Gasteiger partial charge >= 0.3 is 16.3 Å². The first-order valence-electron chi connectivity index (χ1n) is 4.69. The molecule has 1 amide bonds. The minimum Gasteiger partial charge on any atom is -0.452 e. The fourth-order valence-electron chi connectivity index (χ4n) is 0.949. The second-order valence-electron chi connectivity index (χ2n) is 2.93. The SMILES string of the molecule is CCN(CCC(N)=NO)S(=O)(=O)NC(=O)OC. The van der Waals surface area contributed by atoms with Crippen molar-refractivity contribution in [3.63, 3.8) is 0 Å². The molecule has 10 heteroatoms. The molecule has 0 saturated carbocycles. The van der Waals surface area contributed by atoms with E-state index in [1.807, 2.05) is 0 Å².